The van der Waals surface area contributed by atoms with Crippen molar-refractivity contribution in [1.82, 2.24) is 0 Å². The van der Waals surface area contributed by atoms with E-state index in [9.17, 15) is 0 Å². The molecule has 1 aliphatic rings. The highest BCUT2D eigenvalue weighted by Gasteiger charge is 2.58. The molecular weight excluding hydrogens is 324 g/mol. The van der Waals surface area contributed by atoms with E-state index in [0.29, 0.717) is 33.0 Å². The van der Waals surface area contributed by atoms with Gasteiger partial charge in [-0.1, -0.05) is 47.0 Å². The Labute approximate surface area is 149 Å². The minimum absolute atomic E-state index is 0.0631. The maximum absolute atomic E-state index is 6.31. The summed E-state index contributed by atoms with van der Waals surface area (Å²) < 4.78 is 30.6. The van der Waals surface area contributed by atoms with Gasteiger partial charge in [0, 0.05) is 26.4 Å². The average molecular weight is 363 g/mol. The van der Waals surface area contributed by atoms with E-state index in [4.69, 9.17) is 22.8 Å². The molecule has 0 amide bonds. The van der Waals surface area contributed by atoms with Gasteiger partial charge in [-0.05, 0) is 25.7 Å². The van der Waals surface area contributed by atoms with Crippen LogP contribution in [0.4, 0.5) is 0 Å². The van der Waals surface area contributed by atoms with Gasteiger partial charge >= 0.3 is 8.80 Å². The summed E-state index contributed by atoms with van der Waals surface area (Å²) in [7, 11) is -2.92. The van der Waals surface area contributed by atoms with Gasteiger partial charge in [-0.3, -0.25) is 0 Å². The summed E-state index contributed by atoms with van der Waals surface area (Å²) in [6, 6.07) is 0. The summed E-state index contributed by atoms with van der Waals surface area (Å²) in [4.78, 5) is 0. The van der Waals surface area contributed by atoms with E-state index in [0.717, 1.165) is 44.9 Å². The van der Waals surface area contributed by atoms with Gasteiger partial charge in [0.2, 0.25) is 0 Å². The maximum atomic E-state index is 6.31. The van der Waals surface area contributed by atoms with Crippen molar-refractivity contribution in [1.29, 1.82) is 0 Å². The first-order valence-corrected chi connectivity index (χ1v) is 11.7. The Kier molecular flexibility index (Phi) is 12.2. The lowest BCUT2D eigenvalue weighted by Crippen LogP contribution is -2.60. The molecule has 2 unspecified atom stereocenters. The van der Waals surface area contributed by atoms with Crippen LogP contribution in [0, 0.1) is 0 Å². The van der Waals surface area contributed by atoms with Crippen molar-refractivity contribution in [3.05, 3.63) is 0 Å². The highest BCUT2D eigenvalue weighted by molar-refractivity contribution is 6.62. The largest absolute Gasteiger partial charge is 0.534 e. The molecule has 5 nitrogen and oxygen atoms in total. The van der Waals surface area contributed by atoms with Crippen LogP contribution in [0.2, 0.25) is 0 Å². The Morgan fingerprint density at radius 3 is 1.58 bits per heavy atom. The molecule has 0 aliphatic carbocycles. The van der Waals surface area contributed by atoms with E-state index in [2.05, 4.69) is 27.7 Å². The molecule has 6 heteroatoms. The fourth-order valence-electron chi connectivity index (χ4n) is 2.36. The van der Waals surface area contributed by atoms with Gasteiger partial charge in [0.05, 0.1) is 6.61 Å². The van der Waals surface area contributed by atoms with Crippen molar-refractivity contribution >= 4 is 8.80 Å². The lowest BCUT2D eigenvalue weighted by Gasteiger charge is -2.35. The monoisotopic (exact) mass is 362 g/mol. The molecule has 1 saturated heterocycles. The maximum Gasteiger partial charge on any atom is 0.534 e. The van der Waals surface area contributed by atoms with Crippen LogP contribution in [0.3, 0.4) is 0 Å². The van der Waals surface area contributed by atoms with Crippen LogP contribution in [0.5, 0.6) is 0 Å². The third kappa shape index (κ3) is 7.93. The van der Waals surface area contributed by atoms with E-state index >= 15 is 0 Å². The van der Waals surface area contributed by atoms with E-state index < -0.39 is 8.80 Å². The van der Waals surface area contributed by atoms with Crippen LogP contribution in [0.15, 0.2) is 0 Å². The number of hydrogen-bond donors (Lipinski definition) is 0. The van der Waals surface area contributed by atoms with E-state index in [1.807, 2.05) is 0 Å². The van der Waals surface area contributed by atoms with Crippen LogP contribution >= 0.6 is 0 Å². The third-order valence-electron chi connectivity index (χ3n) is 3.95. The number of ether oxygens (including phenoxy) is 2. The topological polar surface area (TPSA) is 49.5 Å². The number of hydrogen-bond acceptors (Lipinski definition) is 5. The predicted molar refractivity (Wildman–Crippen MR) is 98.1 cm³/mol. The Morgan fingerprint density at radius 2 is 1.25 bits per heavy atom. The van der Waals surface area contributed by atoms with Gasteiger partial charge in [0.15, 0.2) is 5.73 Å². The SMILES string of the molecule is CCCCO[Si](OCCCC)(OCCCC)C(OCCC)C1CO1. The predicted octanol–water partition coefficient (Wildman–Crippen LogP) is 4.11. The van der Waals surface area contributed by atoms with Crippen LogP contribution in [0.25, 0.3) is 0 Å². The molecule has 1 rings (SSSR count). The van der Waals surface area contributed by atoms with Crippen LogP contribution in [-0.2, 0) is 22.8 Å². The molecule has 144 valence electrons. The molecular formula is C18H38O5Si. The number of rotatable bonds is 17. The fourth-order valence-corrected chi connectivity index (χ4v) is 5.36. The first-order chi connectivity index (χ1) is 11.7. The van der Waals surface area contributed by atoms with Gasteiger partial charge < -0.3 is 22.8 Å². The Hall–Kier alpha value is 0.0169. The smallest absolute Gasteiger partial charge is 0.372 e. The molecule has 1 heterocycles. The van der Waals surface area contributed by atoms with Gasteiger partial charge in [-0.15, -0.1) is 0 Å². The summed E-state index contributed by atoms with van der Waals surface area (Å²) in [5.74, 6) is 0. The van der Waals surface area contributed by atoms with Crippen molar-refractivity contribution in [3.8, 4) is 0 Å². The summed E-state index contributed by atoms with van der Waals surface area (Å²) in [5.41, 5.74) is -0.192. The summed E-state index contributed by atoms with van der Waals surface area (Å²) in [6.45, 7) is 12.0. The van der Waals surface area contributed by atoms with Crippen molar-refractivity contribution in [2.45, 2.75) is 84.5 Å². The van der Waals surface area contributed by atoms with Crippen molar-refractivity contribution in [2.24, 2.45) is 0 Å². The summed E-state index contributed by atoms with van der Waals surface area (Å²) in [5, 5.41) is 0. The third-order valence-corrected chi connectivity index (χ3v) is 7.01. The standard InChI is InChI=1S/C18H38O5Si/c1-5-9-13-21-24(22-14-10-6-2,23-15-11-7-3)18(17-16-20-17)19-12-8-4/h17-18H,5-16H2,1-4H3. The zero-order valence-electron chi connectivity index (χ0n) is 16.2. The first-order valence-electron chi connectivity index (χ1n) is 9.89. The summed E-state index contributed by atoms with van der Waals surface area (Å²) >= 11 is 0. The Bertz CT molecular complexity index is 273. The highest BCUT2D eigenvalue weighted by atomic mass is 28.4. The van der Waals surface area contributed by atoms with Crippen molar-refractivity contribution in [2.75, 3.05) is 33.0 Å². The minimum Gasteiger partial charge on any atom is -0.372 e. The summed E-state index contributed by atoms with van der Waals surface area (Å²) in [6.07, 6.45) is 7.33. The van der Waals surface area contributed by atoms with E-state index in [-0.39, 0.29) is 11.8 Å². The molecule has 1 aliphatic heterocycles. The van der Waals surface area contributed by atoms with Crippen molar-refractivity contribution in [3.63, 3.8) is 0 Å². The molecule has 0 radical (unpaired) electrons. The van der Waals surface area contributed by atoms with E-state index in [1.54, 1.807) is 0 Å². The zero-order chi connectivity index (χ0) is 17.7. The molecule has 0 aromatic heterocycles. The first kappa shape index (κ1) is 22.1. The lowest BCUT2D eigenvalue weighted by atomic mass is 10.4. The zero-order valence-corrected chi connectivity index (χ0v) is 17.2. The Balaban J connectivity index is 2.85. The van der Waals surface area contributed by atoms with Gasteiger partial charge in [0.25, 0.3) is 0 Å². The molecule has 24 heavy (non-hydrogen) atoms. The van der Waals surface area contributed by atoms with Gasteiger partial charge in [-0.25, -0.2) is 0 Å². The van der Waals surface area contributed by atoms with Crippen molar-refractivity contribution < 1.29 is 22.8 Å². The molecule has 1 fully saturated rings. The van der Waals surface area contributed by atoms with Crippen LogP contribution in [0.1, 0.15) is 72.6 Å². The number of unbranched alkanes of at least 4 members (excludes halogenated alkanes) is 3. The number of epoxide rings is 1. The molecule has 2 atom stereocenters. The van der Waals surface area contributed by atoms with E-state index in [1.165, 1.54) is 0 Å². The quantitative estimate of drug-likeness (QED) is 0.221. The van der Waals surface area contributed by atoms with Gasteiger partial charge in [-0.2, -0.15) is 0 Å². The fraction of sp³-hybridized carbons (Fsp3) is 1.00. The highest BCUT2D eigenvalue weighted by Crippen LogP contribution is 2.29. The van der Waals surface area contributed by atoms with Crippen LogP contribution in [-0.4, -0.2) is 53.7 Å². The molecule has 0 aromatic rings. The van der Waals surface area contributed by atoms with Crippen LogP contribution < -0.4 is 0 Å². The van der Waals surface area contributed by atoms with Gasteiger partial charge in [0.1, 0.15) is 6.10 Å². The second kappa shape index (κ2) is 13.3. The average Bonchev–Trinajstić information content (AvgIpc) is 3.40. The minimum atomic E-state index is -2.92. The Morgan fingerprint density at radius 1 is 0.792 bits per heavy atom. The molecule has 0 bridgehead atoms. The molecule has 0 aromatic carbocycles. The molecule has 0 N–H and O–H groups in total. The molecule has 0 saturated carbocycles. The molecule has 0 spiro atoms. The lowest BCUT2D eigenvalue weighted by molar-refractivity contribution is -0.0256. The normalized spacial score (nSPS) is 18.8. The second-order valence-corrected chi connectivity index (χ2v) is 9.01. The second-order valence-electron chi connectivity index (χ2n) is 6.37.